The summed E-state index contributed by atoms with van der Waals surface area (Å²) in [5, 5.41) is 2.93. The van der Waals surface area contributed by atoms with Gasteiger partial charge in [0.25, 0.3) is 5.91 Å². The molecule has 0 heterocycles. The first-order chi connectivity index (χ1) is 9.19. The number of rotatable bonds is 8. The topological polar surface area (TPSA) is 64.3 Å². The quantitative estimate of drug-likeness (QED) is 0.708. The maximum Gasteiger partial charge on any atom is 0.255 e. The molecular formula is C15H24N2O2. The van der Waals surface area contributed by atoms with E-state index in [0.717, 1.165) is 37.8 Å². The summed E-state index contributed by atoms with van der Waals surface area (Å²) >= 11 is 0. The number of ether oxygens (including phenoxy) is 1. The number of unbranched alkanes of at least 4 members (excludes halogenated alkanes) is 3. The van der Waals surface area contributed by atoms with Gasteiger partial charge in [-0.05, 0) is 38.4 Å². The fraction of sp³-hybridized carbons (Fsp3) is 0.533. The molecule has 4 heteroatoms. The summed E-state index contributed by atoms with van der Waals surface area (Å²) in [6.45, 7) is 3.40. The van der Waals surface area contributed by atoms with Crippen molar-refractivity contribution in [2.24, 2.45) is 5.73 Å². The van der Waals surface area contributed by atoms with Crippen molar-refractivity contribution >= 4 is 5.91 Å². The summed E-state index contributed by atoms with van der Waals surface area (Å²) in [5.74, 6) is 0.547. The molecule has 0 aliphatic carbocycles. The monoisotopic (exact) mass is 264 g/mol. The van der Waals surface area contributed by atoms with E-state index in [2.05, 4.69) is 5.32 Å². The number of nitrogens with one attached hydrogen (secondary N) is 1. The summed E-state index contributed by atoms with van der Waals surface area (Å²) in [4.78, 5) is 12.1. The molecule has 0 aromatic heterocycles. The Morgan fingerprint density at radius 3 is 2.68 bits per heavy atom. The van der Waals surface area contributed by atoms with E-state index in [9.17, 15) is 4.79 Å². The maximum atomic E-state index is 12.1. The van der Waals surface area contributed by atoms with Crippen LogP contribution in [0.2, 0.25) is 0 Å². The predicted octanol–water partition coefficient (Wildman–Crippen LogP) is 2.25. The highest BCUT2D eigenvalue weighted by atomic mass is 16.5. The minimum atomic E-state index is -0.0700. The van der Waals surface area contributed by atoms with Gasteiger partial charge in [0.05, 0.1) is 12.7 Å². The minimum absolute atomic E-state index is 0.0700. The van der Waals surface area contributed by atoms with Crippen LogP contribution in [-0.4, -0.2) is 26.1 Å². The van der Waals surface area contributed by atoms with Gasteiger partial charge in [-0.15, -0.1) is 0 Å². The summed E-state index contributed by atoms with van der Waals surface area (Å²) in [6, 6.07) is 5.61. The van der Waals surface area contributed by atoms with E-state index in [1.807, 2.05) is 25.1 Å². The zero-order chi connectivity index (χ0) is 14.1. The van der Waals surface area contributed by atoms with Gasteiger partial charge in [0.15, 0.2) is 0 Å². The highest BCUT2D eigenvalue weighted by Crippen LogP contribution is 2.19. The Hall–Kier alpha value is -1.55. The first-order valence-corrected chi connectivity index (χ1v) is 6.82. The van der Waals surface area contributed by atoms with Crippen LogP contribution in [0.4, 0.5) is 0 Å². The molecule has 0 fully saturated rings. The highest BCUT2D eigenvalue weighted by Gasteiger charge is 2.11. The molecule has 1 aromatic rings. The van der Waals surface area contributed by atoms with E-state index in [1.165, 1.54) is 0 Å². The highest BCUT2D eigenvalue weighted by molar-refractivity contribution is 5.97. The number of amides is 1. The van der Waals surface area contributed by atoms with E-state index >= 15 is 0 Å². The predicted molar refractivity (Wildman–Crippen MR) is 77.6 cm³/mol. The maximum absolute atomic E-state index is 12.1. The fourth-order valence-corrected chi connectivity index (χ4v) is 1.92. The third-order valence-electron chi connectivity index (χ3n) is 3.02. The van der Waals surface area contributed by atoms with Crippen molar-refractivity contribution in [2.75, 3.05) is 20.2 Å². The number of methoxy groups -OCH3 is 1. The Bertz CT molecular complexity index is 405. The van der Waals surface area contributed by atoms with Gasteiger partial charge in [-0.3, -0.25) is 4.79 Å². The molecule has 0 aliphatic heterocycles. The Morgan fingerprint density at radius 2 is 2.00 bits per heavy atom. The van der Waals surface area contributed by atoms with Gasteiger partial charge in [0, 0.05) is 6.54 Å². The van der Waals surface area contributed by atoms with Gasteiger partial charge < -0.3 is 15.8 Å². The summed E-state index contributed by atoms with van der Waals surface area (Å²) in [7, 11) is 1.58. The smallest absolute Gasteiger partial charge is 0.255 e. The molecule has 106 valence electrons. The fourth-order valence-electron chi connectivity index (χ4n) is 1.92. The van der Waals surface area contributed by atoms with Crippen molar-refractivity contribution in [1.29, 1.82) is 0 Å². The Balaban J connectivity index is 2.43. The number of benzene rings is 1. The molecule has 0 saturated heterocycles. The number of hydrogen-bond acceptors (Lipinski definition) is 3. The second kappa shape index (κ2) is 8.53. The molecule has 0 spiro atoms. The van der Waals surface area contributed by atoms with E-state index < -0.39 is 0 Å². The summed E-state index contributed by atoms with van der Waals surface area (Å²) < 4.78 is 5.21. The van der Waals surface area contributed by atoms with Crippen LogP contribution < -0.4 is 15.8 Å². The van der Waals surface area contributed by atoms with Crippen molar-refractivity contribution in [2.45, 2.75) is 32.6 Å². The van der Waals surface area contributed by atoms with Crippen molar-refractivity contribution in [3.05, 3.63) is 29.3 Å². The first-order valence-electron chi connectivity index (χ1n) is 6.82. The van der Waals surface area contributed by atoms with Crippen molar-refractivity contribution < 1.29 is 9.53 Å². The third kappa shape index (κ3) is 5.30. The van der Waals surface area contributed by atoms with Crippen LogP contribution in [0.5, 0.6) is 5.75 Å². The molecular weight excluding hydrogens is 240 g/mol. The molecule has 1 aromatic carbocycles. The van der Waals surface area contributed by atoms with Gasteiger partial charge in [-0.1, -0.05) is 24.5 Å². The Morgan fingerprint density at radius 1 is 1.26 bits per heavy atom. The Kier molecular flexibility index (Phi) is 6.97. The molecule has 0 atom stereocenters. The molecule has 0 radical (unpaired) electrons. The molecule has 0 bridgehead atoms. The van der Waals surface area contributed by atoms with E-state index in [4.69, 9.17) is 10.5 Å². The van der Waals surface area contributed by atoms with Gasteiger partial charge in [0.1, 0.15) is 5.75 Å². The second-order valence-electron chi connectivity index (χ2n) is 4.66. The number of aryl methyl sites for hydroxylation is 1. The lowest BCUT2D eigenvalue weighted by Gasteiger charge is -2.10. The SMILES string of the molecule is COc1ccc(C)cc1C(=O)NCCCCCCN. The summed E-state index contributed by atoms with van der Waals surface area (Å²) in [5.41, 5.74) is 7.08. The Labute approximate surface area is 115 Å². The van der Waals surface area contributed by atoms with Crippen molar-refractivity contribution in [3.8, 4) is 5.75 Å². The van der Waals surface area contributed by atoms with E-state index in [1.54, 1.807) is 7.11 Å². The van der Waals surface area contributed by atoms with Crippen LogP contribution in [0.15, 0.2) is 18.2 Å². The molecule has 3 N–H and O–H groups in total. The third-order valence-corrected chi connectivity index (χ3v) is 3.02. The lowest BCUT2D eigenvalue weighted by atomic mass is 10.1. The zero-order valence-electron chi connectivity index (χ0n) is 11.9. The van der Waals surface area contributed by atoms with Crippen LogP contribution >= 0.6 is 0 Å². The molecule has 0 saturated carbocycles. The molecule has 0 unspecified atom stereocenters. The number of carbonyl (C=O) groups is 1. The zero-order valence-corrected chi connectivity index (χ0v) is 11.9. The number of hydrogen-bond donors (Lipinski definition) is 2. The second-order valence-corrected chi connectivity index (χ2v) is 4.66. The number of carbonyl (C=O) groups excluding carboxylic acids is 1. The largest absolute Gasteiger partial charge is 0.496 e. The lowest BCUT2D eigenvalue weighted by molar-refractivity contribution is 0.0950. The molecule has 1 amide bonds. The van der Waals surface area contributed by atoms with Gasteiger partial charge >= 0.3 is 0 Å². The number of nitrogens with two attached hydrogens (primary N) is 1. The average Bonchev–Trinajstić information content (AvgIpc) is 2.42. The first kappa shape index (κ1) is 15.5. The normalized spacial score (nSPS) is 10.3. The van der Waals surface area contributed by atoms with E-state index in [-0.39, 0.29) is 5.91 Å². The van der Waals surface area contributed by atoms with Gasteiger partial charge in [-0.2, -0.15) is 0 Å². The molecule has 19 heavy (non-hydrogen) atoms. The molecule has 4 nitrogen and oxygen atoms in total. The van der Waals surface area contributed by atoms with Gasteiger partial charge in [-0.25, -0.2) is 0 Å². The van der Waals surface area contributed by atoms with Crippen molar-refractivity contribution in [1.82, 2.24) is 5.32 Å². The van der Waals surface area contributed by atoms with Crippen LogP contribution in [0.3, 0.4) is 0 Å². The van der Waals surface area contributed by atoms with E-state index in [0.29, 0.717) is 17.9 Å². The molecule has 0 aliphatic rings. The van der Waals surface area contributed by atoms with Crippen LogP contribution in [0.25, 0.3) is 0 Å². The van der Waals surface area contributed by atoms with Gasteiger partial charge in [0.2, 0.25) is 0 Å². The standard InChI is InChI=1S/C15H24N2O2/c1-12-7-8-14(19-2)13(11-12)15(18)17-10-6-4-3-5-9-16/h7-8,11H,3-6,9-10,16H2,1-2H3,(H,17,18). The summed E-state index contributed by atoms with van der Waals surface area (Å²) in [6.07, 6.45) is 4.27. The van der Waals surface area contributed by atoms with Crippen LogP contribution in [0.1, 0.15) is 41.6 Å². The molecule has 1 rings (SSSR count). The lowest BCUT2D eigenvalue weighted by Crippen LogP contribution is -2.25. The van der Waals surface area contributed by atoms with Crippen molar-refractivity contribution in [3.63, 3.8) is 0 Å². The van der Waals surface area contributed by atoms with Crippen LogP contribution in [-0.2, 0) is 0 Å². The average molecular weight is 264 g/mol. The van der Waals surface area contributed by atoms with Crippen LogP contribution in [0, 0.1) is 6.92 Å². The minimum Gasteiger partial charge on any atom is -0.496 e.